The monoisotopic (exact) mass is 280 g/mol. The first-order chi connectivity index (χ1) is 10.4. The van der Waals surface area contributed by atoms with Gasteiger partial charge in [0.1, 0.15) is 0 Å². The molecule has 3 aliphatic rings. The van der Waals surface area contributed by atoms with Gasteiger partial charge in [-0.2, -0.15) is 0 Å². The molecular formula is C21H28. The molecule has 2 fully saturated rings. The molecule has 112 valence electrons. The lowest BCUT2D eigenvalue weighted by atomic mass is 9.67. The number of allylic oxidation sites excluding steroid dienone is 2. The highest BCUT2D eigenvalue weighted by molar-refractivity contribution is 5.74. The Bertz CT molecular complexity index is 524. The lowest BCUT2D eigenvalue weighted by molar-refractivity contribution is 0.230. The van der Waals surface area contributed by atoms with Crippen LogP contribution in [0.5, 0.6) is 0 Å². The fourth-order valence-corrected chi connectivity index (χ4v) is 5.51. The van der Waals surface area contributed by atoms with Crippen molar-refractivity contribution in [2.75, 3.05) is 0 Å². The Kier molecular flexibility index (Phi) is 3.65. The second kappa shape index (κ2) is 5.63. The summed E-state index contributed by atoms with van der Waals surface area (Å²) in [5.41, 5.74) is 5.84. The van der Waals surface area contributed by atoms with Crippen LogP contribution >= 0.6 is 0 Å². The Morgan fingerprint density at radius 2 is 1.57 bits per heavy atom. The highest BCUT2D eigenvalue weighted by Crippen LogP contribution is 2.60. The molecule has 0 saturated heterocycles. The summed E-state index contributed by atoms with van der Waals surface area (Å²) in [6.45, 7) is 0. The van der Waals surface area contributed by atoms with Crippen molar-refractivity contribution in [1.82, 2.24) is 0 Å². The van der Waals surface area contributed by atoms with E-state index in [1.807, 2.05) is 5.57 Å². The average molecular weight is 280 g/mol. The fraction of sp³-hybridized carbons (Fsp3) is 0.619. The molecule has 0 unspecified atom stereocenters. The summed E-state index contributed by atoms with van der Waals surface area (Å²) in [5, 5.41) is 0. The Labute approximate surface area is 129 Å². The zero-order chi connectivity index (χ0) is 14.1. The highest BCUT2D eigenvalue weighted by atomic mass is 14.5. The molecule has 2 saturated carbocycles. The van der Waals surface area contributed by atoms with Gasteiger partial charge in [-0.25, -0.2) is 0 Å². The summed E-state index contributed by atoms with van der Waals surface area (Å²) in [6, 6.07) is 11.4. The first kappa shape index (κ1) is 13.6. The third-order valence-corrected chi connectivity index (χ3v) is 6.39. The van der Waals surface area contributed by atoms with E-state index in [4.69, 9.17) is 0 Å². The van der Waals surface area contributed by atoms with Gasteiger partial charge in [0, 0.05) is 0 Å². The van der Waals surface area contributed by atoms with Crippen LogP contribution in [0.25, 0.3) is 5.57 Å². The first-order valence-corrected chi connectivity index (χ1v) is 9.18. The largest absolute Gasteiger partial charge is 0.0622 e. The summed E-state index contributed by atoms with van der Waals surface area (Å²) in [7, 11) is 0. The predicted molar refractivity (Wildman–Crippen MR) is 90.1 cm³/mol. The van der Waals surface area contributed by atoms with Crippen molar-refractivity contribution < 1.29 is 0 Å². The van der Waals surface area contributed by atoms with Crippen molar-refractivity contribution in [2.45, 2.75) is 70.6 Å². The van der Waals surface area contributed by atoms with Crippen molar-refractivity contribution in [2.24, 2.45) is 11.3 Å². The summed E-state index contributed by atoms with van der Waals surface area (Å²) >= 11 is 0. The van der Waals surface area contributed by atoms with Gasteiger partial charge < -0.3 is 0 Å². The normalized spacial score (nSPS) is 33.0. The third-order valence-electron chi connectivity index (χ3n) is 6.39. The quantitative estimate of drug-likeness (QED) is 0.560. The van der Waals surface area contributed by atoms with Gasteiger partial charge >= 0.3 is 0 Å². The van der Waals surface area contributed by atoms with E-state index in [1.165, 1.54) is 70.6 Å². The third kappa shape index (κ3) is 2.37. The zero-order valence-electron chi connectivity index (χ0n) is 13.2. The lowest BCUT2D eigenvalue weighted by Crippen LogP contribution is -2.24. The Morgan fingerprint density at radius 1 is 0.810 bits per heavy atom. The van der Waals surface area contributed by atoms with Crippen LogP contribution in [0.15, 0.2) is 35.9 Å². The first-order valence-electron chi connectivity index (χ1n) is 9.18. The highest BCUT2D eigenvalue weighted by Gasteiger charge is 2.46. The van der Waals surface area contributed by atoms with Crippen LogP contribution in [0.2, 0.25) is 0 Å². The standard InChI is InChI=1S/C21H28/c1-2-8-14-21-15-9-7-13-19(21)20(18(16-21)12-4-1)17-10-5-3-6-11-17/h3,5-6,10-11,18H,1-2,4,7-9,12-16H2/t18-,21-/m0/s1. The maximum Gasteiger partial charge on any atom is -0.00761 e. The van der Waals surface area contributed by atoms with Crippen molar-refractivity contribution in [3.05, 3.63) is 41.5 Å². The van der Waals surface area contributed by atoms with Crippen molar-refractivity contribution in [1.29, 1.82) is 0 Å². The second-order valence-corrected chi connectivity index (χ2v) is 7.60. The van der Waals surface area contributed by atoms with Crippen LogP contribution in [-0.4, -0.2) is 0 Å². The summed E-state index contributed by atoms with van der Waals surface area (Å²) in [4.78, 5) is 0. The molecule has 1 aromatic rings. The van der Waals surface area contributed by atoms with Gasteiger partial charge in [-0.05, 0) is 61.0 Å². The molecule has 2 bridgehead atoms. The lowest BCUT2D eigenvalue weighted by Gasteiger charge is -2.37. The van der Waals surface area contributed by atoms with Crippen molar-refractivity contribution in [3.8, 4) is 0 Å². The zero-order valence-corrected chi connectivity index (χ0v) is 13.2. The number of hydrogen-bond donors (Lipinski definition) is 0. The van der Waals surface area contributed by atoms with E-state index in [-0.39, 0.29) is 0 Å². The minimum absolute atomic E-state index is 0.610. The van der Waals surface area contributed by atoms with Crippen LogP contribution in [0.3, 0.4) is 0 Å². The minimum Gasteiger partial charge on any atom is -0.0622 e. The molecule has 0 heteroatoms. The van der Waals surface area contributed by atoms with Crippen LogP contribution in [-0.2, 0) is 0 Å². The van der Waals surface area contributed by atoms with Gasteiger partial charge in [-0.3, -0.25) is 0 Å². The van der Waals surface area contributed by atoms with Crippen LogP contribution in [0.1, 0.15) is 76.2 Å². The van der Waals surface area contributed by atoms with E-state index in [0.717, 1.165) is 5.92 Å². The average Bonchev–Trinajstić information content (AvgIpc) is 2.90. The van der Waals surface area contributed by atoms with E-state index in [1.54, 1.807) is 11.1 Å². The Balaban J connectivity index is 1.81. The van der Waals surface area contributed by atoms with Gasteiger partial charge in [0.15, 0.2) is 0 Å². The number of fused-ring (bicyclic) bond motifs is 1. The maximum atomic E-state index is 2.37. The van der Waals surface area contributed by atoms with Gasteiger partial charge in [0.25, 0.3) is 0 Å². The predicted octanol–water partition coefficient (Wildman–Crippen LogP) is 6.37. The van der Waals surface area contributed by atoms with Gasteiger partial charge in [0.05, 0.1) is 0 Å². The van der Waals surface area contributed by atoms with Gasteiger partial charge in [0.2, 0.25) is 0 Å². The molecule has 1 spiro atoms. The maximum absolute atomic E-state index is 2.37. The Morgan fingerprint density at radius 3 is 2.43 bits per heavy atom. The molecule has 0 amide bonds. The molecule has 0 nitrogen and oxygen atoms in total. The van der Waals surface area contributed by atoms with E-state index >= 15 is 0 Å². The minimum atomic E-state index is 0.610. The molecule has 1 aromatic carbocycles. The molecule has 0 radical (unpaired) electrons. The van der Waals surface area contributed by atoms with E-state index < -0.39 is 0 Å². The van der Waals surface area contributed by atoms with Crippen molar-refractivity contribution >= 4 is 5.57 Å². The van der Waals surface area contributed by atoms with Gasteiger partial charge in [-0.15, -0.1) is 0 Å². The Hall–Kier alpha value is -1.04. The molecule has 0 heterocycles. The van der Waals surface area contributed by atoms with E-state index in [0.29, 0.717) is 5.41 Å². The van der Waals surface area contributed by atoms with Crippen LogP contribution < -0.4 is 0 Å². The second-order valence-electron chi connectivity index (χ2n) is 7.60. The van der Waals surface area contributed by atoms with E-state index in [9.17, 15) is 0 Å². The number of benzene rings is 1. The number of hydrogen-bond acceptors (Lipinski definition) is 0. The molecule has 0 aromatic heterocycles. The number of rotatable bonds is 1. The van der Waals surface area contributed by atoms with Crippen LogP contribution in [0.4, 0.5) is 0 Å². The molecule has 0 aliphatic heterocycles. The molecular weight excluding hydrogens is 252 g/mol. The molecule has 4 rings (SSSR count). The van der Waals surface area contributed by atoms with Gasteiger partial charge in [-0.1, -0.05) is 68.0 Å². The summed E-state index contributed by atoms with van der Waals surface area (Å²) in [6.07, 6.45) is 16.0. The molecule has 0 N–H and O–H groups in total. The SMILES string of the molecule is c1ccc(C2=C3CCCC[C@]34CCCCCC[C@H]2C4)cc1. The smallest absolute Gasteiger partial charge is 0.00761 e. The van der Waals surface area contributed by atoms with Crippen LogP contribution in [0, 0.1) is 11.3 Å². The molecule has 21 heavy (non-hydrogen) atoms. The fourth-order valence-electron chi connectivity index (χ4n) is 5.51. The topological polar surface area (TPSA) is 0 Å². The summed E-state index contributed by atoms with van der Waals surface area (Å²) < 4.78 is 0. The van der Waals surface area contributed by atoms with E-state index in [2.05, 4.69) is 30.3 Å². The molecule has 3 aliphatic carbocycles. The summed E-state index contributed by atoms with van der Waals surface area (Å²) in [5.74, 6) is 0.860. The molecule has 2 atom stereocenters. The van der Waals surface area contributed by atoms with Crippen molar-refractivity contribution in [3.63, 3.8) is 0 Å².